The fraction of sp³-hybridized carbons (Fsp3) is 0.750. The van der Waals surface area contributed by atoms with Crippen LogP contribution in [0.2, 0.25) is 0 Å². The first-order valence-corrected chi connectivity index (χ1v) is 7.08. The minimum Gasteiger partial charge on any atom is -0.480 e. The number of nitrogens with two attached hydrogens (primary N) is 1. The summed E-state index contributed by atoms with van der Waals surface area (Å²) in [7, 11) is 0. The Balaban J connectivity index is 4.05. The topological polar surface area (TPSA) is 218 Å². The van der Waals surface area contributed by atoms with Gasteiger partial charge in [-0.25, -0.2) is 0 Å². The highest BCUT2D eigenvalue weighted by molar-refractivity contribution is 5.90. The van der Waals surface area contributed by atoms with Crippen molar-refractivity contribution < 1.29 is 40.2 Å². The van der Waals surface area contributed by atoms with Gasteiger partial charge < -0.3 is 47.1 Å². The van der Waals surface area contributed by atoms with Crippen molar-refractivity contribution in [3.8, 4) is 0 Å². The van der Waals surface area contributed by atoms with Crippen molar-refractivity contribution in [1.82, 2.24) is 10.7 Å². The van der Waals surface area contributed by atoms with Gasteiger partial charge in [-0.15, -0.1) is 0 Å². The van der Waals surface area contributed by atoms with Crippen LogP contribution in [0.25, 0.3) is 0 Å². The van der Waals surface area contributed by atoms with Crippen LogP contribution in [0.3, 0.4) is 0 Å². The number of amides is 1. The maximum atomic E-state index is 11.5. The Morgan fingerprint density at radius 2 is 1.79 bits per heavy atom. The molecule has 0 spiro atoms. The van der Waals surface area contributed by atoms with Gasteiger partial charge in [-0.1, -0.05) is 0 Å². The quantitative estimate of drug-likeness (QED) is 0.0706. The van der Waals surface area contributed by atoms with Gasteiger partial charge in [-0.3, -0.25) is 9.59 Å². The summed E-state index contributed by atoms with van der Waals surface area (Å²) in [4.78, 5) is 21.9. The Bertz CT molecular complexity index is 422. The number of nitrogens with one attached hydrogen (secondary N) is 2. The number of aliphatic hydroxyl groups excluding tert-OH is 5. The predicted molar refractivity (Wildman–Crippen MR) is 80.6 cm³/mol. The number of hydrazone groups is 1. The van der Waals surface area contributed by atoms with Crippen LogP contribution in [0, 0.1) is 0 Å². The highest BCUT2D eigenvalue weighted by atomic mass is 16.4. The Kier molecular flexibility index (Phi) is 10.8. The summed E-state index contributed by atoms with van der Waals surface area (Å²) in [6.45, 7) is -0.566. The van der Waals surface area contributed by atoms with Crippen LogP contribution in [0.15, 0.2) is 5.10 Å². The van der Waals surface area contributed by atoms with Crippen molar-refractivity contribution in [3.05, 3.63) is 0 Å². The smallest absolute Gasteiger partial charge is 0.320 e. The molecule has 1 amide bonds. The fourth-order valence-corrected chi connectivity index (χ4v) is 1.49. The lowest BCUT2D eigenvalue weighted by atomic mass is 10.0. The molecule has 0 aromatic heterocycles. The largest absolute Gasteiger partial charge is 0.480 e. The van der Waals surface area contributed by atoms with E-state index in [1.807, 2.05) is 5.32 Å². The first kappa shape index (κ1) is 22.2. The van der Waals surface area contributed by atoms with Gasteiger partial charge in [0.05, 0.1) is 6.61 Å². The first-order valence-electron chi connectivity index (χ1n) is 7.08. The number of nitrogens with zero attached hydrogens (tertiary/aromatic N) is 1. The summed E-state index contributed by atoms with van der Waals surface area (Å²) in [5.74, 6) is -2.20. The molecular formula is C12H24N4O8. The minimum absolute atomic E-state index is 0.236. The zero-order chi connectivity index (χ0) is 18.7. The lowest BCUT2D eigenvalue weighted by molar-refractivity contribution is -0.147. The molecule has 0 aliphatic rings. The molecule has 0 saturated carbocycles. The molecule has 12 heteroatoms. The van der Waals surface area contributed by atoms with Crippen LogP contribution >= 0.6 is 0 Å². The van der Waals surface area contributed by atoms with Crippen LogP contribution in [0.1, 0.15) is 12.8 Å². The number of rotatable bonds is 12. The van der Waals surface area contributed by atoms with E-state index < -0.39 is 48.9 Å². The molecule has 0 saturated heterocycles. The second kappa shape index (κ2) is 11.7. The van der Waals surface area contributed by atoms with E-state index in [2.05, 4.69) is 10.5 Å². The number of carbonyl (C=O) groups excluding carboxylic acids is 1. The monoisotopic (exact) mass is 352 g/mol. The van der Waals surface area contributed by atoms with E-state index in [0.717, 1.165) is 6.34 Å². The lowest BCUT2D eigenvalue weighted by Gasteiger charge is -2.24. The zero-order valence-electron chi connectivity index (χ0n) is 12.8. The number of aliphatic hydroxyl groups is 5. The summed E-state index contributed by atoms with van der Waals surface area (Å²) >= 11 is 0. The molecule has 0 aliphatic carbocycles. The molecule has 0 rings (SSSR count). The summed E-state index contributed by atoms with van der Waals surface area (Å²) in [6, 6.07) is -0.965. The number of carbonyl (C=O) groups is 2. The van der Waals surface area contributed by atoms with Crippen LogP contribution in [0.5, 0.6) is 0 Å². The molecule has 1 unspecified atom stereocenters. The average molecular weight is 352 g/mol. The van der Waals surface area contributed by atoms with E-state index in [1.165, 1.54) is 0 Å². The van der Waals surface area contributed by atoms with Crippen LogP contribution in [0.4, 0.5) is 0 Å². The molecule has 0 aromatic carbocycles. The molecule has 0 aliphatic heterocycles. The molecule has 0 radical (unpaired) electrons. The van der Waals surface area contributed by atoms with E-state index in [9.17, 15) is 24.9 Å². The molecule has 24 heavy (non-hydrogen) atoms. The highest BCUT2D eigenvalue weighted by Crippen LogP contribution is 2.05. The summed E-state index contributed by atoms with van der Waals surface area (Å²) in [5, 5.41) is 60.2. The van der Waals surface area contributed by atoms with Gasteiger partial charge in [0.15, 0.2) is 6.10 Å². The number of hydrogen-bond acceptors (Lipinski definition) is 10. The van der Waals surface area contributed by atoms with E-state index in [0.29, 0.717) is 13.0 Å². The lowest BCUT2D eigenvalue weighted by Crippen LogP contribution is -2.51. The molecule has 10 N–H and O–H groups in total. The minimum atomic E-state index is -2.05. The fourth-order valence-electron chi connectivity index (χ4n) is 1.49. The average Bonchev–Trinajstić information content (AvgIpc) is 2.57. The molecule has 5 atom stereocenters. The summed E-state index contributed by atoms with van der Waals surface area (Å²) in [5.41, 5.74) is 7.78. The van der Waals surface area contributed by atoms with Crippen molar-refractivity contribution in [2.45, 2.75) is 43.3 Å². The molecule has 0 aromatic rings. The molecular weight excluding hydrogens is 328 g/mol. The Morgan fingerprint density at radius 1 is 1.17 bits per heavy atom. The van der Waals surface area contributed by atoms with E-state index in [-0.39, 0.29) is 6.42 Å². The Morgan fingerprint density at radius 3 is 2.33 bits per heavy atom. The van der Waals surface area contributed by atoms with Crippen molar-refractivity contribution in [2.24, 2.45) is 10.8 Å². The highest BCUT2D eigenvalue weighted by Gasteiger charge is 2.33. The van der Waals surface area contributed by atoms with Gasteiger partial charge in [-0.2, -0.15) is 5.10 Å². The van der Waals surface area contributed by atoms with Crippen molar-refractivity contribution in [1.29, 1.82) is 0 Å². The Hall–Kier alpha value is -1.83. The summed E-state index contributed by atoms with van der Waals surface area (Å²) in [6.07, 6.45) is -6.15. The third-order valence-electron chi connectivity index (χ3n) is 3.01. The third-order valence-corrected chi connectivity index (χ3v) is 3.01. The van der Waals surface area contributed by atoms with Crippen LogP contribution in [-0.4, -0.2) is 92.5 Å². The Labute approximate surface area is 137 Å². The van der Waals surface area contributed by atoms with Gasteiger partial charge >= 0.3 is 5.97 Å². The SMILES string of the molecule is NC(CCCNN=CNC(=O)[C@H](O)[C@@H](O)[C@H](O)[C@H](O)CO)C(=O)O. The van der Waals surface area contributed by atoms with Gasteiger partial charge in [-0.05, 0) is 12.8 Å². The van der Waals surface area contributed by atoms with Gasteiger partial charge in [0, 0.05) is 6.54 Å². The normalized spacial score (nSPS) is 17.8. The maximum absolute atomic E-state index is 11.5. The second-order valence-electron chi connectivity index (χ2n) is 4.94. The van der Waals surface area contributed by atoms with E-state index in [4.69, 9.17) is 21.1 Å². The second-order valence-corrected chi connectivity index (χ2v) is 4.94. The van der Waals surface area contributed by atoms with Crippen molar-refractivity contribution in [2.75, 3.05) is 13.2 Å². The molecule has 0 heterocycles. The molecule has 140 valence electrons. The van der Waals surface area contributed by atoms with Crippen molar-refractivity contribution >= 4 is 18.2 Å². The number of carboxylic acids is 1. The van der Waals surface area contributed by atoms with Crippen molar-refractivity contribution in [3.63, 3.8) is 0 Å². The van der Waals surface area contributed by atoms with Gasteiger partial charge in [0.1, 0.15) is 30.7 Å². The third kappa shape index (κ3) is 8.14. The standard InChI is InChI=1S/C12H24N4O8/c13-6(12(23)24)2-1-3-15-16-5-14-11(22)10(21)9(20)8(19)7(18)4-17/h5-10,15,17-21H,1-4,13H2,(H,23,24)(H,14,16,22)/t6?,7-,8-,9+,10-/m1/s1. The first-order chi connectivity index (χ1) is 11.2. The molecule has 0 fully saturated rings. The van der Waals surface area contributed by atoms with Gasteiger partial charge in [0.2, 0.25) is 0 Å². The number of hydrogen-bond donors (Lipinski definition) is 9. The molecule has 12 nitrogen and oxygen atoms in total. The van der Waals surface area contributed by atoms with Crippen LogP contribution < -0.4 is 16.5 Å². The number of aliphatic carboxylic acids is 1. The number of carboxylic acid groups (broad SMARTS) is 1. The van der Waals surface area contributed by atoms with Gasteiger partial charge in [0.25, 0.3) is 5.91 Å². The summed E-state index contributed by atoms with van der Waals surface area (Å²) < 4.78 is 0. The predicted octanol–water partition coefficient (Wildman–Crippen LogP) is -4.74. The van der Waals surface area contributed by atoms with E-state index >= 15 is 0 Å². The van der Waals surface area contributed by atoms with Crippen LogP contribution in [-0.2, 0) is 9.59 Å². The zero-order valence-corrected chi connectivity index (χ0v) is 12.8. The molecule has 0 bridgehead atoms. The maximum Gasteiger partial charge on any atom is 0.320 e. The van der Waals surface area contributed by atoms with E-state index in [1.54, 1.807) is 0 Å².